The number of carbonyl (C=O) groups excluding carboxylic acids is 1. The van der Waals surface area contributed by atoms with Gasteiger partial charge >= 0.3 is 0 Å². The van der Waals surface area contributed by atoms with Crippen LogP contribution in [-0.4, -0.2) is 11.9 Å². The monoisotopic (exact) mass is 265 g/mol. The van der Waals surface area contributed by atoms with Crippen molar-refractivity contribution in [3.05, 3.63) is 59.6 Å². The van der Waals surface area contributed by atoms with Crippen molar-refractivity contribution in [3.63, 3.8) is 0 Å². The molecule has 0 aliphatic rings. The van der Waals surface area contributed by atoms with Gasteiger partial charge in [0.05, 0.1) is 6.26 Å². The molecule has 0 fully saturated rings. The first kappa shape index (κ1) is 13.3. The van der Waals surface area contributed by atoms with Crippen molar-refractivity contribution in [3.8, 4) is 0 Å². The molecule has 1 aromatic carbocycles. The Morgan fingerprint density at radius 1 is 1.26 bits per heavy atom. The molecule has 100 valence electrons. The zero-order valence-electron chi connectivity index (χ0n) is 10.3. The molecule has 5 heteroatoms. The van der Waals surface area contributed by atoms with E-state index in [0.29, 0.717) is 0 Å². The Balaban J connectivity index is 2.02. The van der Waals surface area contributed by atoms with Gasteiger partial charge < -0.3 is 9.73 Å². The third-order valence-corrected chi connectivity index (χ3v) is 2.69. The Morgan fingerprint density at radius 2 is 1.95 bits per heavy atom. The molecule has 1 atom stereocenters. The highest BCUT2D eigenvalue weighted by Crippen LogP contribution is 2.14. The van der Waals surface area contributed by atoms with E-state index in [0.717, 1.165) is 0 Å². The minimum atomic E-state index is -0.612. The number of benzene rings is 1. The fraction of sp³-hybridized carbons (Fsp3) is 0.214. The Kier molecular flexibility index (Phi) is 3.94. The Morgan fingerprint density at radius 3 is 2.53 bits per heavy atom. The Labute approximate surface area is 109 Å². The summed E-state index contributed by atoms with van der Waals surface area (Å²) in [4.78, 5) is 11.7. The second-order valence-electron chi connectivity index (χ2n) is 4.26. The van der Waals surface area contributed by atoms with Crippen molar-refractivity contribution in [2.24, 2.45) is 0 Å². The van der Waals surface area contributed by atoms with E-state index >= 15 is 0 Å². The highest BCUT2D eigenvalue weighted by atomic mass is 19.1. The summed E-state index contributed by atoms with van der Waals surface area (Å²) in [5, 5.41) is 2.62. The Bertz CT molecular complexity index is 547. The molecular formula is C14H13F2NO2. The van der Waals surface area contributed by atoms with E-state index in [-0.39, 0.29) is 17.7 Å². The molecule has 0 saturated carbocycles. The number of carbonyl (C=O) groups is 1. The zero-order valence-corrected chi connectivity index (χ0v) is 10.3. The summed E-state index contributed by atoms with van der Waals surface area (Å²) in [6.07, 6.45) is 1.46. The van der Waals surface area contributed by atoms with Crippen molar-refractivity contribution in [2.45, 2.75) is 19.4 Å². The van der Waals surface area contributed by atoms with Crippen LogP contribution in [0.3, 0.4) is 0 Å². The van der Waals surface area contributed by atoms with Crippen LogP contribution in [0.25, 0.3) is 0 Å². The molecule has 2 rings (SSSR count). The summed E-state index contributed by atoms with van der Waals surface area (Å²) >= 11 is 0. The number of amides is 1. The van der Waals surface area contributed by atoms with Crippen LogP contribution in [0.4, 0.5) is 8.78 Å². The smallest absolute Gasteiger partial charge is 0.287 e. The zero-order chi connectivity index (χ0) is 13.8. The molecule has 1 unspecified atom stereocenters. The first-order valence-corrected chi connectivity index (χ1v) is 5.85. The van der Waals surface area contributed by atoms with Crippen LogP contribution in [0.1, 0.15) is 23.0 Å². The summed E-state index contributed by atoms with van der Waals surface area (Å²) < 4.78 is 31.8. The molecule has 19 heavy (non-hydrogen) atoms. The number of nitrogens with one attached hydrogen (secondary N) is 1. The molecule has 0 bridgehead atoms. The number of furan rings is 1. The molecule has 1 N–H and O–H groups in total. The lowest BCUT2D eigenvalue weighted by atomic mass is 10.1. The predicted octanol–water partition coefficient (Wildman–Crippen LogP) is 2.92. The summed E-state index contributed by atoms with van der Waals surface area (Å²) in [5.74, 6) is -1.46. The summed E-state index contributed by atoms with van der Waals surface area (Å²) in [5.41, 5.74) is -0.0326. The third kappa shape index (κ3) is 3.19. The van der Waals surface area contributed by atoms with Gasteiger partial charge in [0, 0.05) is 11.6 Å². The normalized spacial score (nSPS) is 12.2. The van der Waals surface area contributed by atoms with Crippen molar-refractivity contribution in [1.29, 1.82) is 0 Å². The van der Waals surface area contributed by atoms with Gasteiger partial charge in [0.1, 0.15) is 11.6 Å². The number of rotatable bonds is 4. The molecule has 0 aliphatic heterocycles. The summed E-state index contributed by atoms with van der Waals surface area (Å²) in [7, 11) is 0. The molecule has 0 saturated heterocycles. The van der Waals surface area contributed by atoms with Gasteiger partial charge in [-0.1, -0.05) is 6.07 Å². The van der Waals surface area contributed by atoms with Crippen molar-refractivity contribution < 1.29 is 18.0 Å². The van der Waals surface area contributed by atoms with E-state index in [4.69, 9.17) is 4.42 Å². The van der Waals surface area contributed by atoms with Gasteiger partial charge in [0.25, 0.3) is 5.91 Å². The SMILES string of the molecule is CC(Cc1c(F)cccc1F)NC(=O)c1ccco1. The molecule has 3 nitrogen and oxygen atoms in total. The maximum absolute atomic E-state index is 13.5. The van der Waals surface area contributed by atoms with Gasteiger partial charge in [0.15, 0.2) is 5.76 Å². The van der Waals surface area contributed by atoms with Gasteiger partial charge in [-0.3, -0.25) is 4.79 Å². The van der Waals surface area contributed by atoms with Gasteiger partial charge in [-0.2, -0.15) is 0 Å². The second-order valence-corrected chi connectivity index (χ2v) is 4.26. The molecule has 1 amide bonds. The van der Waals surface area contributed by atoms with Crippen LogP contribution in [0.2, 0.25) is 0 Å². The molecule has 1 aromatic heterocycles. The van der Waals surface area contributed by atoms with E-state index in [9.17, 15) is 13.6 Å². The van der Waals surface area contributed by atoms with Crippen LogP contribution >= 0.6 is 0 Å². The third-order valence-electron chi connectivity index (χ3n) is 2.69. The number of hydrogen-bond donors (Lipinski definition) is 1. The molecule has 1 heterocycles. The van der Waals surface area contributed by atoms with E-state index in [1.54, 1.807) is 13.0 Å². The van der Waals surface area contributed by atoms with Gasteiger partial charge in [0.2, 0.25) is 0 Å². The fourth-order valence-corrected chi connectivity index (χ4v) is 1.79. The topological polar surface area (TPSA) is 42.2 Å². The molecular weight excluding hydrogens is 252 g/mol. The minimum absolute atomic E-state index is 0.0326. The largest absolute Gasteiger partial charge is 0.459 e. The first-order valence-electron chi connectivity index (χ1n) is 5.85. The Hall–Kier alpha value is -2.17. The maximum atomic E-state index is 13.5. The summed E-state index contributed by atoms with van der Waals surface area (Å²) in [6.45, 7) is 1.67. The van der Waals surface area contributed by atoms with Gasteiger partial charge in [-0.15, -0.1) is 0 Å². The predicted molar refractivity (Wildman–Crippen MR) is 65.7 cm³/mol. The average molecular weight is 265 g/mol. The second kappa shape index (κ2) is 5.65. The van der Waals surface area contributed by atoms with Crippen LogP contribution in [0.15, 0.2) is 41.0 Å². The standard InChI is InChI=1S/C14H13F2NO2/c1-9(17-14(18)13-6-3-7-19-13)8-10-11(15)4-2-5-12(10)16/h2-7,9H,8H2,1H3,(H,17,18). The van der Waals surface area contributed by atoms with Crippen molar-refractivity contribution in [1.82, 2.24) is 5.32 Å². The quantitative estimate of drug-likeness (QED) is 0.923. The lowest BCUT2D eigenvalue weighted by Crippen LogP contribution is -2.34. The molecule has 0 aliphatic carbocycles. The average Bonchev–Trinajstić information content (AvgIpc) is 2.88. The van der Waals surface area contributed by atoms with Crippen LogP contribution < -0.4 is 5.32 Å². The van der Waals surface area contributed by atoms with E-state index in [1.165, 1.54) is 30.5 Å². The first-order chi connectivity index (χ1) is 9.08. The highest BCUT2D eigenvalue weighted by Gasteiger charge is 2.16. The highest BCUT2D eigenvalue weighted by molar-refractivity contribution is 5.91. The lowest BCUT2D eigenvalue weighted by molar-refractivity contribution is 0.0911. The lowest BCUT2D eigenvalue weighted by Gasteiger charge is -2.14. The number of hydrogen-bond acceptors (Lipinski definition) is 2. The molecule has 0 spiro atoms. The van der Waals surface area contributed by atoms with E-state index < -0.39 is 23.6 Å². The van der Waals surface area contributed by atoms with Gasteiger partial charge in [-0.25, -0.2) is 8.78 Å². The van der Waals surface area contributed by atoms with E-state index in [2.05, 4.69) is 5.32 Å². The van der Waals surface area contributed by atoms with Crippen molar-refractivity contribution in [2.75, 3.05) is 0 Å². The number of halogens is 2. The summed E-state index contributed by atoms with van der Waals surface area (Å²) in [6, 6.07) is 6.39. The molecule has 0 radical (unpaired) electrons. The van der Waals surface area contributed by atoms with Crippen LogP contribution in [0, 0.1) is 11.6 Å². The van der Waals surface area contributed by atoms with E-state index in [1.807, 2.05) is 0 Å². The van der Waals surface area contributed by atoms with Crippen molar-refractivity contribution >= 4 is 5.91 Å². The molecule has 2 aromatic rings. The van der Waals surface area contributed by atoms with Gasteiger partial charge in [-0.05, 0) is 37.6 Å². The maximum Gasteiger partial charge on any atom is 0.287 e. The van der Waals surface area contributed by atoms with Crippen LogP contribution in [-0.2, 0) is 6.42 Å². The minimum Gasteiger partial charge on any atom is -0.459 e. The van der Waals surface area contributed by atoms with Crippen LogP contribution in [0.5, 0.6) is 0 Å². The fourth-order valence-electron chi connectivity index (χ4n) is 1.79.